The minimum Gasteiger partial charge on any atom is -0.358 e. The first-order valence-corrected chi connectivity index (χ1v) is 5.93. The summed E-state index contributed by atoms with van der Waals surface area (Å²) in [5.74, 6) is -0.241. The molecule has 1 saturated heterocycles. The van der Waals surface area contributed by atoms with Crippen molar-refractivity contribution in [3.8, 4) is 0 Å². The minimum absolute atomic E-state index is 0. The number of nitrogens with one attached hydrogen (secondary N) is 3. The number of rotatable bonds is 3. The third-order valence-electron chi connectivity index (χ3n) is 3.48. The second-order valence-electron chi connectivity index (χ2n) is 4.68. The third kappa shape index (κ3) is 2.90. The summed E-state index contributed by atoms with van der Waals surface area (Å²) < 4.78 is 0. The van der Waals surface area contributed by atoms with E-state index in [2.05, 4.69) is 16.0 Å². The minimum atomic E-state index is -0.758. The fraction of sp³-hybridized carbons (Fsp3) is 0.818. The van der Waals surface area contributed by atoms with Crippen molar-refractivity contribution in [1.29, 1.82) is 0 Å². The number of carbonyl (C=O) groups excluding carboxylic acids is 2. The maximum atomic E-state index is 12.0. The summed E-state index contributed by atoms with van der Waals surface area (Å²) in [7, 11) is 1.58. The van der Waals surface area contributed by atoms with Gasteiger partial charge in [0.2, 0.25) is 11.8 Å². The first-order valence-electron chi connectivity index (χ1n) is 5.93. The molecule has 17 heavy (non-hydrogen) atoms. The van der Waals surface area contributed by atoms with Crippen LogP contribution in [-0.4, -0.2) is 38.0 Å². The van der Waals surface area contributed by atoms with E-state index in [0.717, 1.165) is 25.9 Å². The fourth-order valence-electron chi connectivity index (χ4n) is 2.22. The Bertz CT molecular complexity index is 299. The molecule has 2 fully saturated rings. The highest BCUT2D eigenvalue weighted by Gasteiger charge is 2.56. The van der Waals surface area contributed by atoms with Crippen LogP contribution in [0, 0.1) is 5.41 Å². The molecule has 0 unspecified atom stereocenters. The molecular formula is C11H20ClN3O2. The molecular weight excluding hydrogens is 242 g/mol. The number of piperidine rings is 1. The Labute approximate surface area is 108 Å². The molecule has 1 heterocycles. The molecule has 0 spiro atoms. The Balaban J connectivity index is 0.00000144. The molecule has 2 rings (SSSR count). The Hall–Kier alpha value is -0.810. The molecule has 1 saturated carbocycles. The Morgan fingerprint density at radius 3 is 2.47 bits per heavy atom. The van der Waals surface area contributed by atoms with Crippen molar-refractivity contribution in [3.05, 3.63) is 0 Å². The highest BCUT2D eigenvalue weighted by atomic mass is 35.5. The van der Waals surface area contributed by atoms with Crippen LogP contribution in [0.5, 0.6) is 0 Å². The summed E-state index contributed by atoms with van der Waals surface area (Å²) in [5, 5.41) is 8.79. The van der Waals surface area contributed by atoms with Gasteiger partial charge in [-0.15, -0.1) is 12.4 Å². The molecule has 2 amide bonds. The summed E-state index contributed by atoms with van der Waals surface area (Å²) in [6.45, 7) is 1.84. The van der Waals surface area contributed by atoms with Gasteiger partial charge in [-0.05, 0) is 32.2 Å². The van der Waals surface area contributed by atoms with E-state index in [9.17, 15) is 9.59 Å². The number of amides is 2. The molecule has 1 aliphatic carbocycles. The van der Waals surface area contributed by atoms with E-state index >= 15 is 0 Å². The van der Waals surface area contributed by atoms with E-state index in [0.29, 0.717) is 12.8 Å². The second kappa shape index (κ2) is 5.69. The highest BCUT2D eigenvalue weighted by Crippen LogP contribution is 2.46. The third-order valence-corrected chi connectivity index (χ3v) is 3.48. The van der Waals surface area contributed by atoms with E-state index in [1.54, 1.807) is 7.05 Å². The van der Waals surface area contributed by atoms with Crippen LogP contribution in [0.4, 0.5) is 0 Å². The molecule has 1 atom stereocenters. The smallest absolute Gasteiger partial charge is 0.235 e. The zero-order valence-electron chi connectivity index (χ0n) is 10.0. The van der Waals surface area contributed by atoms with Gasteiger partial charge in [-0.3, -0.25) is 9.59 Å². The standard InChI is InChI=1S/C11H19N3O2.ClH/c1-12-9(15)11(4-5-11)10(16)14-8-3-2-6-13-7-8;/h8,13H,2-7H2,1H3,(H,12,15)(H,14,16);1H/t8-;/m0./s1. The van der Waals surface area contributed by atoms with Gasteiger partial charge >= 0.3 is 0 Å². The topological polar surface area (TPSA) is 70.2 Å². The predicted molar refractivity (Wildman–Crippen MR) is 67.0 cm³/mol. The van der Waals surface area contributed by atoms with Crippen LogP contribution in [-0.2, 0) is 9.59 Å². The Kier molecular flexibility index (Phi) is 4.77. The molecule has 0 bridgehead atoms. The van der Waals surface area contributed by atoms with Crippen LogP contribution >= 0.6 is 12.4 Å². The van der Waals surface area contributed by atoms with E-state index in [4.69, 9.17) is 0 Å². The summed E-state index contributed by atoms with van der Waals surface area (Å²) >= 11 is 0. The van der Waals surface area contributed by atoms with Gasteiger partial charge in [0, 0.05) is 19.6 Å². The van der Waals surface area contributed by atoms with Crippen LogP contribution in [0.3, 0.4) is 0 Å². The largest absolute Gasteiger partial charge is 0.358 e. The van der Waals surface area contributed by atoms with Crippen LogP contribution in [0.2, 0.25) is 0 Å². The summed E-state index contributed by atoms with van der Waals surface area (Å²) in [5.41, 5.74) is -0.758. The zero-order valence-corrected chi connectivity index (χ0v) is 10.9. The number of hydrogen-bond acceptors (Lipinski definition) is 3. The summed E-state index contributed by atoms with van der Waals surface area (Å²) in [6, 6.07) is 0.184. The van der Waals surface area contributed by atoms with Gasteiger partial charge in [-0.25, -0.2) is 0 Å². The summed E-state index contributed by atoms with van der Waals surface area (Å²) in [6.07, 6.45) is 3.44. The van der Waals surface area contributed by atoms with Gasteiger partial charge in [-0.1, -0.05) is 0 Å². The van der Waals surface area contributed by atoms with Gasteiger partial charge in [0.1, 0.15) is 5.41 Å². The molecule has 1 aliphatic heterocycles. The average Bonchev–Trinajstić information content (AvgIpc) is 3.10. The molecule has 0 aromatic heterocycles. The molecule has 98 valence electrons. The number of hydrogen-bond donors (Lipinski definition) is 3. The van der Waals surface area contributed by atoms with Crippen molar-refractivity contribution in [3.63, 3.8) is 0 Å². The van der Waals surface area contributed by atoms with E-state index in [1.807, 2.05) is 0 Å². The van der Waals surface area contributed by atoms with E-state index < -0.39 is 5.41 Å². The van der Waals surface area contributed by atoms with Gasteiger partial charge in [0.25, 0.3) is 0 Å². The van der Waals surface area contributed by atoms with E-state index in [-0.39, 0.29) is 30.3 Å². The van der Waals surface area contributed by atoms with Gasteiger partial charge < -0.3 is 16.0 Å². The SMILES string of the molecule is CNC(=O)C1(C(=O)N[C@H]2CCCNC2)CC1.Cl. The van der Waals surface area contributed by atoms with E-state index in [1.165, 1.54) is 0 Å². The lowest BCUT2D eigenvalue weighted by Gasteiger charge is -2.25. The van der Waals surface area contributed by atoms with Gasteiger partial charge in [0.15, 0.2) is 0 Å². The van der Waals surface area contributed by atoms with Crippen LogP contribution in [0.15, 0.2) is 0 Å². The molecule has 6 heteroatoms. The Morgan fingerprint density at radius 1 is 1.29 bits per heavy atom. The van der Waals surface area contributed by atoms with Crippen molar-refractivity contribution >= 4 is 24.2 Å². The van der Waals surface area contributed by atoms with Gasteiger partial charge in [-0.2, -0.15) is 0 Å². The van der Waals surface area contributed by atoms with Crippen LogP contribution in [0.1, 0.15) is 25.7 Å². The van der Waals surface area contributed by atoms with Crippen LogP contribution < -0.4 is 16.0 Å². The quantitative estimate of drug-likeness (QED) is 0.617. The van der Waals surface area contributed by atoms with Crippen molar-refractivity contribution in [2.24, 2.45) is 5.41 Å². The fourth-order valence-corrected chi connectivity index (χ4v) is 2.22. The maximum absolute atomic E-state index is 12.0. The highest BCUT2D eigenvalue weighted by molar-refractivity contribution is 6.07. The lowest BCUT2D eigenvalue weighted by atomic mass is 10.0. The molecule has 2 aliphatic rings. The molecule has 0 aromatic rings. The average molecular weight is 262 g/mol. The van der Waals surface area contributed by atoms with Crippen molar-refractivity contribution < 1.29 is 9.59 Å². The number of halogens is 1. The summed E-state index contributed by atoms with van der Waals surface area (Å²) in [4.78, 5) is 23.6. The van der Waals surface area contributed by atoms with Crippen molar-refractivity contribution in [2.45, 2.75) is 31.7 Å². The monoisotopic (exact) mass is 261 g/mol. The van der Waals surface area contributed by atoms with Crippen molar-refractivity contribution in [2.75, 3.05) is 20.1 Å². The second-order valence-corrected chi connectivity index (χ2v) is 4.68. The van der Waals surface area contributed by atoms with Gasteiger partial charge in [0.05, 0.1) is 0 Å². The predicted octanol–water partition coefficient (Wildman–Crippen LogP) is -0.197. The lowest BCUT2D eigenvalue weighted by Crippen LogP contribution is -2.50. The zero-order chi connectivity index (χ0) is 11.6. The lowest BCUT2D eigenvalue weighted by molar-refractivity contribution is -0.137. The molecule has 5 nitrogen and oxygen atoms in total. The first kappa shape index (κ1) is 14.3. The molecule has 3 N–H and O–H groups in total. The first-order chi connectivity index (χ1) is 7.69. The molecule has 0 radical (unpaired) electrons. The Morgan fingerprint density at radius 2 is 2.00 bits per heavy atom. The normalized spacial score (nSPS) is 25.4. The number of carbonyl (C=O) groups is 2. The molecule has 0 aromatic carbocycles. The van der Waals surface area contributed by atoms with Crippen molar-refractivity contribution in [1.82, 2.24) is 16.0 Å². The van der Waals surface area contributed by atoms with Crippen LogP contribution in [0.25, 0.3) is 0 Å². The maximum Gasteiger partial charge on any atom is 0.235 e.